The molecule has 0 bridgehead atoms. The van der Waals surface area contributed by atoms with Crippen molar-refractivity contribution in [1.29, 1.82) is 0 Å². The minimum atomic E-state index is -2.62. The standard InChI is InChI=1S/C16H18Cl3FO4Si/c1-23-15(21)9-7-12-6-8-13(20)14(11-12)24-16(22)5-3-2-4-10-25(17,18)19/h6-9,11H,2-5,10H2,1H3. The molecular formula is C16H18Cl3FO4Si. The van der Waals surface area contributed by atoms with Gasteiger partial charge in [0.15, 0.2) is 11.6 Å². The molecule has 25 heavy (non-hydrogen) atoms. The van der Waals surface area contributed by atoms with Gasteiger partial charge in [0, 0.05) is 12.5 Å². The van der Waals surface area contributed by atoms with E-state index < -0.39 is 23.8 Å². The number of rotatable bonds is 9. The largest absolute Gasteiger partial charge is 0.466 e. The lowest BCUT2D eigenvalue weighted by Crippen LogP contribution is -2.10. The summed E-state index contributed by atoms with van der Waals surface area (Å²) in [5, 5.41) is 0. The fourth-order valence-corrected chi connectivity index (χ4v) is 3.73. The average Bonchev–Trinajstić information content (AvgIpc) is 2.53. The molecule has 0 fully saturated rings. The first kappa shape index (κ1) is 22.0. The van der Waals surface area contributed by atoms with Crippen LogP contribution < -0.4 is 4.74 Å². The van der Waals surface area contributed by atoms with Crippen LogP contribution in [0.15, 0.2) is 24.3 Å². The van der Waals surface area contributed by atoms with Gasteiger partial charge in [-0.05, 0) is 36.2 Å². The molecule has 0 aliphatic rings. The fourth-order valence-electron chi connectivity index (χ4n) is 1.88. The van der Waals surface area contributed by atoms with E-state index >= 15 is 0 Å². The topological polar surface area (TPSA) is 52.6 Å². The lowest BCUT2D eigenvalue weighted by Gasteiger charge is -2.08. The zero-order valence-electron chi connectivity index (χ0n) is 13.6. The van der Waals surface area contributed by atoms with Crippen LogP contribution in [0.5, 0.6) is 5.75 Å². The quantitative estimate of drug-likeness (QED) is 0.137. The lowest BCUT2D eigenvalue weighted by molar-refractivity contribution is -0.135. The molecule has 0 saturated carbocycles. The fraction of sp³-hybridized carbons (Fsp3) is 0.375. The van der Waals surface area contributed by atoms with Gasteiger partial charge in [-0.25, -0.2) is 9.18 Å². The summed E-state index contributed by atoms with van der Waals surface area (Å²) in [6.07, 6.45) is 4.77. The monoisotopic (exact) mass is 426 g/mol. The summed E-state index contributed by atoms with van der Waals surface area (Å²) in [5.74, 6) is -1.93. The van der Waals surface area contributed by atoms with Crippen molar-refractivity contribution in [3.63, 3.8) is 0 Å². The molecule has 9 heteroatoms. The third-order valence-electron chi connectivity index (χ3n) is 3.13. The minimum absolute atomic E-state index is 0.142. The van der Waals surface area contributed by atoms with Gasteiger partial charge in [0.25, 0.3) is 0 Å². The Morgan fingerprint density at radius 3 is 2.56 bits per heavy atom. The number of carbonyl (C=O) groups is 2. The van der Waals surface area contributed by atoms with E-state index in [2.05, 4.69) is 4.74 Å². The number of halogens is 4. The highest BCUT2D eigenvalue weighted by Gasteiger charge is 2.23. The first-order valence-corrected chi connectivity index (χ1v) is 12.8. The molecular weight excluding hydrogens is 410 g/mol. The van der Waals surface area contributed by atoms with Crippen LogP contribution in [0.2, 0.25) is 6.04 Å². The van der Waals surface area contributed by atoms with Gasteiger partial charge < -0.3 is 9.47 Å². The van der Waals surface area contributed by atoms with Gasteiger partial charge in [0.2, 0.25) is 0 Å². The molecule has 1 aromatic rings. The number of esters is 2. The Balaban J connectivity index is 2.50. The summed E-state index contributed by atoms with van der Waals surface area (Å²) in [5.41, 5.74) is 0.502. The number of benzene rings is 1. The Morgan fingerprint density at radius 2 is 1.92 bits per heavy atom. The molecule has 0 atom stereocenters. The number of hydrogen-bond acceptors (Lipinski definition) is 4. The van der Waals surface area contributed by atoms with Crippen LogP contribution in [0, 0.1) is 5.82 Å². The molecule has 0 aliphatic carbocycles. The summed E-state index contributed by atoms with van der Waals surface area (Å²) in [4.78, 5) is 22.9. The van der Waals surface area contributed by atoms with Crippen LogP contribution in [0.4, 0.5) is 4.39 Å². The van der Waals surface area contributed by atoms with Gasteiger partial charge in [0.1, 0.15) is 0 Å². The van der Waals surface area contributed by atoms with E-state index in [1.807, 2.05) is 0 Å². The molecule has 1 rings (SSSR count). The maximum absolute atomic E-state index is 13.7. The smallest absolute Gasteiger partial charge is 0.341 e. The third kappa shape index (κ3) is 9.84. The summed E-state index contributed by atoms with van der Waals surface area (Å²) < 4.78 is 23.2. The average molecular weight is 428 g/mol. The van der Waals surface area contributed by atoms with E-state index in [1.54, 1.807) is 0 Å². The maximum Gasteiger partial charge on any atom is 0.341 e. The Kier molecular flexibility index (Phi) is 9.49. The molecule has 0 spiro atoms. The highest BCUT2D eigenvalue weighted by Crippen LogP contribution is 2.27. The maximum atomic E-state index is 13.7. The van der Waals surface area contributed by atoms with Crippen molar-refractivity contribution >= 4 is 57.3 Å². The number of hydrogen-bond donors (Lipinski definition) is 0. The summed E-state index contributed by atoms with van der Waals surface area (Å²) >= 11 is 17.3. The zero-order chi connectivity index (χ0) is 18.9. The molecule has 0 aromatic heterocycles. The number of unbranched alkanes of at least 4 members (excludes halogenated alkanes) is 2. The van der Waals surface area contributed by atoms with Gasteiger partial charge in [-0.1, -0.05) is 18.9 Å². The predicted octanol–water partition coefficient (Wildman–Crippen LogP) is 5.13. The molecule has 1 aromatic carbocycles. The van der Waals surface area contributed by atoms with Crippen molar-refractivity contribution in [1.82, 2.24) is 0 Å². The van der Waals surface area contributed by atoms with Crippen molar-refractivity contribution in [3.8, 4) is 5.75 Å². The highest BCUT2D eigenvalue weighted by molar-refractivity contribution is 7.64. The molecule has 0 saturated heterocycles. The van der Waals surface area contributed by atoms with Crippen LogP contribution in [0.3, 0.4) is 0 Å². The third-order valence-corrected chi connectivity index (χ3v) is 5.75. The van der Waals surface area contributed by atoms with Crippen molar-refractivity contribution in [2.24, 2.45) is 0 Å². The summed E-state index contributed by atoms with van der Waals surface area (Å²) in [7, 11) is 1.25. The second kappa shape index (κ2) is 10.8. The van der Waals surface area contributed by atoms with Crippen molar-refractivity contribution in [2.45, 2.75) is 31.7 Å². The van der Waals surface area contributed by atoms with Crippen LogP contribution in [-0.4, -0.2) is 25.1 Å². The van der Waals surface area contributed by atoms with Crippen LogP contribution in [0.25, 0.3) is 6.08 Å². The summed E-state index contributed by atoms with van der Waals surface area (Å²) in [6.45, 7) is 0. The molecule has 4 nitrogen and oxygen atoms in total. The van der Waals surface area contributed by atoms with Gasteiger partial charge >= 0.3 is 17.9 Å². The van der Waals surface area contributed by atoms with Crippen molar-refractivity contribution in [3.05, 3.63) is 35.7 Å². The van der Waals surface area contributed by atoms with Gasteiger partial charge in [-0.15, -0.1) is 33.2 Å². The van der Waals surface area contributed by atoms with E-state index in [0.29, 0.717) is 18.0 Å². The Bertz CT molecular complexity index is 632. The van der Waals surface area contributed by atoms with Gasteiger partial charge in [-0.2, -0.15) is 0 Å². The summed E-state index contributed by atoms with van der Waals surface area (Å²) in [6, 6.07) is 1.86. The van der Waals surface area contributed by atoms with Crippen LogP contribution in [-0.2, 0) is 14.3 Å². The van der Waals surface area contributed by atoms with Gasteiger partial charge in [0.05, 0.1) is 7.11 Å². The molecule has 0 N–H and O–H groups in total. The molecule has 138 valence electrons. The van der Waals surface area contributed by atoms with Crippen molar-refractivity contribution in [2.75, 3.05) is 7.11 Å². The molecule has 0 amide bonds. The Hall–Kier alpha value is -1.08. The molecule has 0 unspecified atom stereocenters. The van der Waals surface area contributed by atoms with Crippen LogP contribution >= 0.6 is 33.2 Å². The van der Waals surface area contributed by atoms with Gasteiger partial charge in [-0.3, -0.25) is 4.79 Å². The molecule has 0 radical (unpaired) electrons. The van der Waals surface area contributed by atoms with E-state index in [-0.39, 0.29) is 12.2 Å². The normalized spacial score (nSPS) is 11.6. The number of methoxy groups -OCH3 is 1. The van der Waals surface area contributed by atoms with E-state index in [9.17, 15) is 14.0 Å². The minimum Gasteiger partial charge on any atom is -0.466 e. The van der Waals surface area contributed by atoms with E-state index in [0.717, 1.165) is 18.9 Å². The second-order valence-corrected chi connectivity index (χ2v) is 14.5. The Labute approximate surface area is 161 Å². The molecule has 0 heterocycles. The lowest BCUT2D eigenvalue weighted by atomic mass is 10.2. The first-order valence-electron chi connectivity index (χ1n) is 7.54. The van der Waals surface area contributed by atoms with Crippen LogP contribution in [0.1, 0.15) is 31.2 Å². The predicted molar refractivity (Wildman–Crippen MR) is 99.7 cm³/mol. The zero-order valence-corrected chi connectivity index (χ0v) is 16.8. The van der Waals surface area contributed by atoms with Crippen molar-refractivity contribution < 1.29 is 23.5 Å². The Morgan fingerprint density at radius 1 is 1.20 bits per heavy atom. The van der Waals surface area contributed by atoms with E-state index in [1.165, 1.54) is 31.4 Å². The van der Waals surface area contributed by atoms with E-state index in [4.69, 9.17) is 38.0 Å². The SMILES string of the molecule is COC(=O)C=Cc1ccc(F)c(OC(=O)CCCCC[Si](Cl)(Cl)Cl)c1. The molecule has 0 aliphatic heterocycles. The second-order valence-electron chi connectivity index (χ2n) is 5.20. The number of carbonyl (C=O) groups excluding carboxylic acids is 2. The number of ether oxygens (including phenoxy) is 2. The first-order chi connectivity index (χ1) is 11.7. The highest BCUT2D eigenvalue weighted by atomic mass is 35.8.